The van der Waals surface area contributed by atoms with Crippen molar-refractivity contribution in [2.75, 3.05) is 18.5 Å². The van der Waals surface area contributed by atoms with Gasteiger partial charge in [-0.3, -0.25) is 4.79 Å². The van der Waals surface area contributed by atoms with Gasteiger partial charge in [0.05, 0.1) is 0 Å². The molecular weight excluding hydrogens is 178 g/mol. The van der Waals surface area contributed by atoms with E-state index in [1.807, 2.05) is 18.0 Å². The van der Waals surface area contributed by atoms with Crippen molar-refractivity contribution in [1.82, 2.24) is 0 Å². The minimum atomic E-state index is 0.385. The Balaban J connectivity index is 2.59. The lowest BCUT2D eigenvalue weighted by molar-refractivity contribution is 0.110. The number of furan rings is 1. The van der Waals surface area contributed by atoms with Crippen LogP contribution in [0.5, 0.6) is 0 Å². The van der Waals surface area contributed by atoms with Crippen molar-refractivity contribution in [2.45, 2.75) is 20.3 Å². The lowest BCUT2D eigenvalue weighted by Crippen LogP contribution is -2.22. The predicted molar refractivity (Wildman–Crippen MR) is 56.8 cm³/mol. The van der Waals surface area contributed by atoms with E-state index in [-0.39, 0.29) is 0 Å². The Kier molecular flexibility index (Phi) is 3.74. The van der Waals surface area contributed by atoms with Crippen LogP contribution in [0.3, 0.4) is 0 Å². The molecule has 1 aromatic heterocycles. The summed E-state index contributed by atoms with van der Waals surface area (Å²) in [6.45, 7) is 5.31. The summed E-state index contributed by atoms with van der Waals surface area (Å²) in [5, 5.41) is 0. The summed E-state index contributed by atoms with van der Waals surface area (Å²) in [5.41, 5.74) is 0. The number of nitrogens with zero attached hydrogens (tertiary/aromatic N) is 1. The first-order valence-corrected chi connectivity index (χ1v) is 4.93. The van der Waals surface area contributed by atoms with Crippen LogP contribution in [-0.4, -0.2) is 19.9 Å². The van der Waals surface area contributed by atoms with Crippen molar-refractivity contribution in [3.8, 4) is 0 Å². The molecule has 0 aliphatic heterocycles. The highest BCUT2D eigenvalue weighted by molar-refractivity contribution is 5.71. The molecular formula is C11H17NO2. The molecule has 1 atom stereocenters. The maximum Gasteiger partial charge on any atom is 0.196 e. The van der Waals surface area contributed by atoms with Gasteiger partial charge in [-0.15, -0.1) is 0 Å². The topological polar surface area (TPSA) is 33.5 Å². The van der Waals surface area contributed by atoms with Gasteiger partial charge in [0.15, 0.2) is 17.9 Å². The molecule has 0 saturated heterocycles. The summed E-state index contributed by atoms with van der Waals surface area (Å²) in [6.07, 6.45) is 1.87. The second-order valence-corrected chi connectivity index (χ2v) is 3.69. The average molecular weight is 195 g/mol. The van der Waals surface area contributed by atoms with Crippen LogP contribution in [0, 0.1) is 5.92 Å². The minimum Gasteiger partial charge on any atom is -0.438 e. The van der Waals surface area contributed by atoms with Gasteiger partial charge in [-0.2, -0.15) is 0 Å². The van der Waals surface area contributed by atoms with Gasteiger partial charge in [-0.25, -0.2) is 0 Å². The standard InChI is InChI=1S/C11H17NO2/c1-4-9(2)7-12(3)11-6-5-10(8-13)14-11/h5-6,8-9H,4,7H2,1-3H3. The minimum absolute atomic E-state index is 0.385. The van der Waals surface area contributed by atoms with E-state index in [4.69, 9.17) is 4.42 Å². The van der Waals surface area contributed by atoms with Crippen LogP contribution in [-0.2, 0) is 0 Å². The zero-order valence-electron chi connectivity index (χ0n) is 8.99. The molecule has 0 radical (unpaired) electrons. The third kappa shape index (κ3) is 2.62. The Hall–Kier alpha value is -1.25. The highest BCUT2D eigenvalue weighted by atomic mass is 16.4. The van der Waals surface area contributed by atoms with Crippen molar-refractivity contribution in [3.05, 3.63) is 17.9 Å². The molecule has 0 saturated carbocycles. The normalized spacial score (nSPS) is 12.5. The molecule has 1 heterocycles. The fraction of sp³-hybridized carbons (Fsp3) is 0.545. The van der Waals surface area contributed by atoms with Crippen LogP contribution in [0.25, 0.3) is 0 Å². The van der Waals surface area contributed by atoms with Crippen LogP contribution in [0.4, 0.5) is 5.88 Å². The van der Waals surface area contributed by atoms with Gasteiger partial charge in [0, 0.05) is 19.7 Å². The lowest BCUT2D eigenvalue weighted by atomic mass is 10.1. The van der Waals surface area contributed by atoms with Crippen LogP contribution >= 0.6 is 0 Å². The average Bonchev–Trinajstić information content (AvgIpc) is 2.65. The lowest BCUT2D eigenvalue weighted by Gasteiger charge is -2.19. The molecule has 1 aromatic rings. The highest BCUT2D eigenvalue weighted by Crippen LogP contribution is 2.17. The molecule has 0 N–H and O–H groups in total. The number of carbonyl (C=O) groups is 1. The van der Waals surface area contributed by atoms with Crippen LogP contribution in [0.1, 0.15) is 30.8 Å². The number of carbonyl (C=O) groups excluding carboxylic acids is 1. The van der Waals surface area contributed by atoms with Gasteiger partial charge in [0.1, 0.15) is 0 Å². The third-order valence-electron chi connectivity index (χ3n) is 2.39. The largest absolute Gasteiger partial charge is 0.438 e. The molecule has 0 amide bonds. The second kappa shape index (κ2) is 4.84. The number of hydrogen-bond donors (Lipinski definition) is 0. The molecule has 0 aromatic carbocycles. The SMILES string of the molecule is CCC(C)CN(C)c1ccc(C=O)o1. The van der Waals surface area contributed by atoms with Gasteiger partial charge in [0.25, 0.3) is 0 Å². The van der Waals surface area contributed by atoms with Gasteiger partial charge < -0.3 is 9.32 Å². The smallest absolute Gasteiger partial charge is 0.196 e. The van der Waals surface area contributed by atoms with Crippen molar-refractivity contribution < 1.29 is 9.21 Å². The van der Waals surface area contributed by atoms with E-state index in [0.29, 0.717) is 11.7 Å². The van der Waals surface area contributed by atoms with Gasteiger partial charge in [-0.1, -0.05) is 20.3 Å². The van der Waals surface area contributed by atoms with E-state index in [0.717, 1.165) is 25.1 Å². The summed E-state index contributed by atoms with van der Waals surface area (Å²) >= 11 is 0. The molecule has 0 bridgehead atoms. The van der Waals surface area contributed by atoms with Crippen LogP contribution in [0.2, 0.25) is 0 Å². The molecule has 0 aliphatic rings. The van der Waals surface area contributed by atoms with E-state index in [1.54, 1.807) is 6.07 Å². The van der Waals surface area contributed by atoms with Crippen molar-refractivity contribution in [3.63, 3.8) is 0 Å². The molecule has 14 heavy (non-hydrogen) atoms. The zero-order valence-corrected chi connectivity index (χ0v) is 8.99. The van der Waals surface area contributed by atoms with Crippen molar-refractivity contribution >= 4 is 12.2 Å². The Morgan fingerprint density at radius 2 is 2.29 bits per heavy atom. The quantitative estimate of drug-likeness (QED) is 0.677. The Morgan fingerprint density at radius 1 is 1.57 bits per heavy atom. The first-order chi connectivity index (χ1) is 6.67. The fourth-order valence-electron chi connectivity index (χ4n) is 1.30. The van der Waals surface area contributed by atoms with Gasteiger partial charge in [0.2, 0.25) is 0 Å². The molecule has 3 heteroatoms. The first-order valence-electron chi connectivity index (χ1n) is 4.93. The predicted octanol–water partition coefficient (Wildman–Crippen LogP) is 2.57. The summed E-state index contributed by atoms with van der Waals surface area (Å²) in [7, 11) is 1.97. The Labute approximate surface area is 84.7 Å². The molecule has 1 unspecified atom stereocenters. The van der Waals surface area contributed by atoms with Crippen molar-refractivity contribution in [2.24, 2.45) is 5.92 Å². The number of hydrogen-bond acceptors (Lipinski definition) is 3. The Morgan fingerprint density at radius 3 is 2.79 bits per heavy atom. The molecule has 0 fully saturated rings. The van der Waals surface area contributed by atoms with E-state index < -0.39 is 0 Å². The van der Waals surface area contributed by atoms with E-state index in [9.17, 15) is 4.79 Å². The molecule has 0 spiro atoms. The zero-order chi connectivity index (χ0) is 10.6. The third-order valence-corrected chi connectivity index (χ3v) is 2.39. The van der Waals surface area contributed by atoms with Gasteiger partial charge >= 0.3 is 0 Å². The number of aldehydes is 1. The maximum atomic E-state index is 10.4. The van der Waals surface area contributed by atoms with E-state index in [2.05, 4.69) is 13.8 Å². The molecule has 1 rings (SSSR count). The van der Waals surface area contributed by atoms with Crippen LogP contribution < -0.4 is 4.90 Å². The summed E-state index contributed by atoms with van der Waals surface area (Å²) in [5.74, 6) is 1.77. The monoisotopic (exact) mass is 195 g/mol. The first kappa shape index (κ1) is 10.8. The fourth-order valence-corrected chi connectivity index (χ4v) is 1.30. The molecule has 0 aliphatic carbocycles. The molecule has 78 valence electrons. The summed E-state index contributed by atoms with van der Waals surface area (Å²) in [4.78, 5) is 12.4. The number of rotatable bonds is 5. The van der Waals surface area contributed by atoms with Crippen LogP contribution in [0.15, 0.2) is 16.5 Å². The maximum absolute atomic E-state index is 10.4. The summed E-state index contributed by atoms with van der Waals surface area (Å²) < 4.78 is 5.30. The number of anilines is 1. The molecule has 3 nitrogen and oxygen atoms in total. The van der Waals surface area contributed by atoms with E-state index >= 15 is 0 Å². The summed E-state index contributed by atoms with van der Waals surface area (Å²) in [6, 6.07) is 3.52. The van der Waals surface area contributed by atoms with Gasteiger partial charge in [-0.05, 0) is 12.0 Å². The van der Waals surface area contributed by atoms with E-state index in [1.165, 1.54) is 0 Å². The highest BCUT2D eigenvalue weighted by Gasteiger charge is 2.09. The van der Waals surface area contributed by atoms with Crippen molar-refractivity contribution in [1.29, 1.82) is 0 Å². The second-order valence-electron chi connectivity index (χ2n) is 3.69. The Bertz CT molecular complexity index is 293.